The number of carbonyl (C=O) groups excluding carboxylic acids is 3. The number of para-hydroxylation sites is 1. The van der Waals surface area contributed by atoms with Crippen LogP contribution in [0.2, 0.25) is 0 Å². The number of likely N-dealkylation sites (N-methyl/N-ethyl adjacent to an activating group) is 1. The molecule has 43 heavy (non-hydrogen) atoms. The van der Waals surface area contributed by atoms with Crippen molar-refractivity contribution in [1.82, 2.24) is 15.7 Å². The van der Waals surface area contributed by atoms with Crippen molar-refractivity contribution in [2.45, 2.75) is 31.2 Å². The Bertz CT molecular complexity index is 1420. The van der Waals surface area contributed by atoms with Gasteiger partial charge < -0.3 is 31.3 Å². The lowest BCUT2D eigenvalue weighted by Crippen LogP contribution is -2.44. The Hall–Kier alpha value is -4.13. The highest BCUT2D eigenvalue weighted by molar-refractivity contribution is 5.98. The fraction of sp³-hybridized carbons (Fsp3) is 0.344. The summed E-state index contributed by atoms with van der Waals surface area (Å²) in [5.41, 5.74) is 9.17. The molecule has 0 spiro atoms. The largest absolute Gasteiger partial charge is 0.496 e. The number of ether oxygens (including phenoxy) is 1. The van der Waals surface area contributed by atoms with Crippen LogP contribution in [-0.4, -0.2) is 85.5 Å². The summed E-state index contributed by atoms with van der Waals surface area (Å²) in [5, 5.41) is 27.1. The zero-order valence-electron chi connectivity index (χ0n) is 24.2. The molecule has 3 aromatic rings. The van der Waals surface area contributed by atoms with Gasteiger partial charge in [-0.1, -0.05) is 48.5 Å². The molecule has 2 amide bonds. The van der Waals surface area contributed by atoms with E-state index in [9.17, 15) is 24.6 Å². The molecule has 1 aliphatic rings. The third kappa shape index (κ3) is 7.45. The fourth-order valence-corrected chi connectivity index (χ4v) is 5.55. The first-order chi connectivity index (χ1) is 20.8. The number of aliphatic hydroxyl groups is 2. The number of rotatable bonds is 14. The van der Waals surface area contributed by atoms with Crippen LogP contribution in [0, 0.1) is 5.92 Å². The Morgan fingerprint density at radius 2 is 1.86 bits per heavy atom. The summed E-state index contributed by atoms with van der Waals surface area (Å²) in [6.07, 6.45) is 0.518. The molecule has 6 N–H and O–H groups in total. The number of aliphatic hydroxyl groups excluding tert-OH is 2. The molecular weight excluding hydrogens is 552 g/mol. The minimum absolute atomic E-state index is 0.0590. The molecule has 4 atom stereocenters. The molecule has 1 saturated heterocycles. The Balaban J connectivity index is 1.64. The first-order valence-electron chi connectivity index (χ1n) is 14.0. The number of hydroxylamine groups is 2. The van der Waals surface area contributed by atoms with Crippen molar-refractivity contribution < 1.29 is 34.2 Å². The summed E-state index contributed by atoms with van der Waals surface area (Å²) in [6.45, 7) is -0.178. The average molecular weight is 591 g/mol. The second-order valence-electron chi connectivity index (χ2n) is 10.5. The van der Waals surface area contributed by atoms with Gasteiger partial charge in [0.15, 0.2) is 0 Å². The summed E-state index contributed by atoms with van der Waals surface area (Å²) in [4.78, 5) is 43.4. The molecule has 11 nitrogen and oxygen atoms in total. The first kappa shape index (κ1) is 31.8. The molecule has 3 aromatic carbocycles. The number of benzene rings is 3. The van der Waals surface area contributed by atoms with Crippen LogP contribution in [0.3, 0.4) is 0 Å². The van der Waals surface area contributed by atoms with Gasteiger partial charge in [-0.15, -0.1) is 0 Å². The van der Waals surface area contributed by atoms with E-state index in [0.29, 0.717) is 52.8 Å². The van der Waals surface area contributed by atoms with Crippen LogP contribution in [-0.2, 0) is 22.6 Å². The van der Waals surface area contributed by atoms with Crippen molar-refractivity contribution in [3.63, 3.8) is 0 Å². The maximum absolute atomic E-state index is 13.4. The summed E-state index contributed by atoms with van der Waals surface area (Å²) in [7, 11) is 3.32. The van der Waals surface area contributed by atoms with Crippen LogP contribution < -0.4 is 21.1 Å². The molecule has 0 saturated carbocycles. The number of nitrogens with one attached hydrogen (secondary N) is 2. The number of nitrogens with zero attached hydrogens (tertiary/aromatic N) is 1. The Kier molecular flexibility index (Phi) is 11.0. The fourth-order valence-electron chi connectivity index (χ4n) is 5.55. The van der Waals surface area contributed by atoms with Gasteiger partial charge in [-0.3, -0.25) is 19.2 Å². The highest BCUT2D eigenvalue weighted by Crippen LogP contribution is 2.37. The summed E-state index contributed by atoms with van der Waals surface area (Å²) < 4.78 is 5.79. The molecule has 4 rings (SSSR count). The maximum atomic E-state index is 13.4. The Morgan fingerprint density at radius 3 is 2.49 bits per heavy atom. The molecule has 0 aliphatic carbocycles. The number of hydrogen-bond donors (Lipinski definition) is 5. The van der Waals surface area contributed by atoms with Crippen LogP contribution in [0.4, 0.5) is 0 Å². The number of carbonyl (C=O) groups is 3. The smallest absolute Gasteiger partial charge is 0.251 e. The SMILES string of the molecule is CNC[C@H](Cc1ccccc1)NC(=O)c1cc(C=O)cc(-c2cccc(CN3O[C@@H](CO)C(CO)[C@H]3C(N)=O)c2OC)c1. The summed E-state index contributed by atoms with van der Waals surface area (Å²) in [5.74, 6) is -1.27. The van der Waals surface area contributed by atoms with Gasteiger partial charge in [-0.05, 0) is 42.8 Å². The molecule has 0 bridgehead atoms. The Labute approximate surface area is 250 Å². The first-order valence-corrected chi connectivity index (χ1v) is 14.0. The molecule has 0 aromatic heterocycles. The van der Waals surface area contributed by atoms with Crippen LogP contribution >= 0.6 is 0 Å². The van der Waals surface area contributed by atoms with Gasteiger partial charge in [0.25, 0.3) is 5.91 Å². The third-order valence-corrected chi connectivity index (χ3v) is 7.55. The van der Waals surface area contributed by atoms with E-state index in [0.717, 1.165) is 5.56 Å². The lowest BCUT2D eigenvalue weighted by atomic mass is 9.94. The molecule has 228 valence electrons. The van der Waals surface area contributed by atoms with E-state index in [1.165, 1.54) is 12.2 Å². The van der Waals surface area contributed by atoms with Crippen LogP contribution in [0.25, 0.3) is 11.1 Å². The van der Waals surface area contributed by atoms with E-state index in [2.05, 4.69) is 10.6 Å². The number of amides is 2. The van der Waals surface area contributed by atoms with Gasteiger partial charge in [0.05, 0.1) is 26.9 Å². The van der Waals surface area contributed by atoms with Crippen molar-refractivity contribution in [2.24, 2.45) is 11.7 Å². The van der Waals surface area contributed by atoms with E-state index < -0.39 is 37.2 Å². The highest BCUT2D eigenvalue weighted by atomic mass is 16.7. The van der Waals surface area contributed by atoms with Crippen molar-refractivity contribution in [3.8, 4) is 16.9 Å². The number of hydrogen-bond acceptors (Lipinski definition) is 9. The predicted octanol–water partition coefficient (Wildman–Crippen LogP) is 1.31. The van der Waals surface area contributed by atoms with Gasteiger partial charge in [0.2, 0.25) is 5.91 Å². The molecule has 1 aliphatic heterocycles. The van der Waals surface area contributed by atoms with E-state index >= 15 is 0 Å². The molecule has 0 radical (unpaired) electrons. The standard InChI is InChI=1S/C32H38N4O7/c1-34-15-25(13-20-7-4-3-5-8-20)35-32(41)24-12-21(17-37)11-23(14-24)26-10-6-9-22(30(26)42-2)16-36-29(31(33)40)27(18-38)28(19-39)43-36/h3-12,14,17,25,27-29,34,38-39H,13,15-16,18-19H2,1-2H3,(H2,33,40)(H,35,41)/t25-,27?,28-,29-/m0/s1. The lowest BCUT2D eigenvalue weighted by Gasteiger charge is -2.24. The molecular formula is C32H38N4O7. The monoisotopic (exact) mass is 590 g/mol. The van der Waals surface area contributed by atoms with Gasteiger partial charge in [0, 0.05) is 40.8 Å². The van der Waals surface area contributed by atoms with Crippen LogP contribution in [0.5, 0.6) is 5.75 Å². The van der Waals surface area contributed by atoms with Crippen molar-refractivity contribution in [3.05, 3.63) is 89.0 Å². The second kappa shape index (κ2) is 14.9. The predicted molar refractivity (Wildman–Crippen MR) is 160 cm³/mol. The van der Waals surface area contributed by atoms with Crippen LogP contribution in [0.1, 0.15) is 31.8 Å². The maximum Gasteiger partial charge on any atom is 0.251 e. The van der Waals surface area contributed by atoms with Gasteiger partial charge in [0.1, 0.15) is 24.2 Å². The summed E-state index contributed by atoms with van der Waals surface area (Å²) in [6, 6.07) is 19.0. The highest BCUT2D eigenvalue weighted by Gasteiger charge is 2.46. The van der Waals surface area contributed by atoms with Gasteiger partial charge in [-0.2, -0.15) is 5.06 Å². The number of primary amides is 1. The van der Waals surface area contributed by atoms with E-state index in [4.69, 9.17) is 15.3 Å². The van der Waals surface area contributed by atoms with Gasteiger partial charge in [-0.25, -0.2) is 0 Å². The second-order valence-corrected chi connectivity index (χ2v) is 10.5. The van der Waals surface area contributed by atoms with Crippen LogP contribution in [0.15, 0.2) is 66.7 Å². The average Bonchev–Trinajstić information content (AvgIpc) is 3.38. The number of aldehydes is 1. The zero-order valence-corrected chi connectivity index (χ0v) is 24.2. The number of nitrogens with two attached hydrogens (primary N) is 1. The summed E-state index contributed by atoms with van der Waals surface area (Å²) >= 11 is 0. The molecule has 1 unspecified atom stereocenters. The lowest BCUT2D eigenvalue weighted by molar-refractivity contribution is -0.180. The molecule has 11 heteroatoms. The van der Waals surface area contributed by atoms with Crippen molar-refractivity contribution in [1.29, 1.82) is 0 Å². The normalized spacial score (nSPS) is 19.1. The topological polar surface area (TPSA) is 163 Å². The minimum atomic E-state index is -0.967. The Morgan fingerprint density at radius 1 is 1.09 bits per heavy atom. The zero-order chi connectivity index (χ0) is 30.9. The number of methoxy groups -OCH3 is 1. The van der Waals surface area contributed by atoms with Crippen molar-refractivity contribution in [2.75, 3.05) is 33.9 Å². The van der Waals surface area contributed by atoms with Crippen molar-refractivity contribution >= 4 is 18.1 Å². The van der Waals surface area contributed by atoms with E-state index in [1.54, 1.807) is 36.4 Å². The van der Waals surface area contributed by atoms with E-state index in [-0.39, 0.29) is 18.5 Å². The minimum Gasteiger partial charge on any atom is -0.496 e. The van der Waals surface area contributed by atoms with Gasteiger partial charge >= 0.3 is 0 Å². The molecule has 1 fully saturated rings. The van der Waals surface area contributed by atoms with E-state index in [1.807, 2.05) is 37.4 Å². The third-order valence-electron chi connectivity index (χ3n) is 7.55. The quantitative estimate of drug-likeness (QED) is 0.174. The molecule has 1 heterocycles.